The van der Waals surface area contributed by atoms with Gasteiger partial charge in [-0.2, -0.15) is 0 Å². The van der Waals surface area contributed by atoms with Crippen molar-refractivity contribution in [2.24, 2.45) is 0 Å². The highest BCUT2D eigenvalue weighted by Gasteiger charge is 2.42. The second kappa shape index (κ2) is 9.63. The number of nitrogens with zero attached hydrogens (tertiary/aromatic N) is 3. The molecule has 0 atom stereocenters. The number of para-hydroxylation sites is 1. The largest absolute Gasteiger partial charge is 0.454 e. The maximum absolute atomic E-state index is 6.61. The maximum atomic E-state index is 6.61. The van der Waals surface area contributed by atoms with E-state index in [1.165, 1.54) is 22.4 Å². The molecule has 45 heavy (non-hydrogen) atoms. The molecule has 0 aliphatic heterocycles. The molecule has 0 saturated heterocycles. The van der Waals surface area contributed by atoms with Crippen LogP contribution in [0.4, 0.5) is 0 Å². The molecule has 0 amide bonds. The zero-order chi connectivity index (χ0) is 30.1. The normalized spacial score (nSPS) is 13.3. The number of fused-ring (bicyclic) bond motifs is 7. The quantitative estimate of drug-likeness (QED) is 0.208. The van der Waals surface area contributed by atoms with Crippen LogP contribution in [0, 0.1) is 0 Å². The first kappa shape index (κ1) is 25.7. The fourth-order valence-corrected chi connectivity index (χ4v) is 7.08. The average molecular weight is 580 g/mol. The molecular weight excluding hydrogens is 550 g/mol. The van der Waals surface area contributed by atoms with Gasteiger partial charge in [-0.3, -0.25) is 0 Å². The van der Waals surface area contributed by atoms with Crippen molar-refractivity contribution in [2.45, 2.75) is 19.3 Å². The molecular formula is C41H29N3O. The summed E-state index contributed by atoms with van der Waals surface area (Å²) in [6.07, 6.45) is 0. The monoisotopic (exact) mass is 579 g/mol. The van der Waals surface area contributed by atoms with Gasteiger partial charge in [-0.15, -0.1) is 0 Å². The fourth-order valence-electron chi connectivity index (χ4n) is 7.08. The summed E-state index contributed by atoms with van der Waals surface area (Å²) in [6.45, 7) is 4.63. The van der Waals surface area contributed by atoms with Gasteiger partial charge >= 0.3 is 0 Å². The first-order chi connectivity index (χ1) is 22.1. The lowest BCUT2D eigenvalue weighted by molar-refractivity contribution is 0.624. The molecule has 0 bridgehead atoms. The van der Waals surface area contributed by atoms with E-state index in [2.05, 4.69) is 115 Å². The number of benzene rings is 5. The third-order valence-corrected chi connectivity index (χ3v) is 9.19. The van der Waals surface area contributed by atoms with Gasteiger partial charge in [0.05, 0.1) is 11.4 Å². The van der Waals surface area contributed by atoms with Gasteiger partial charge in [0.2, 0.25) is 0 Å². The zero-order valence-corrected chi connectivity index (χ0v) is 25.0. The van der Waals surface area contributed by atoms with Crippen molar-refractivity contribution < 1.29 is 4.42 Å². The van der Waals surface area contributed by atoms with Crippen molar-refractivity contribution >= 4 is 22.1 Å². The van der Waals surface area contributed by atoms with Crippen LogP contribution in [-0.2, 0) is 5.41 Å². The highest BCUT2D eigenvalue weighted by molar-refractivity contribution is 6.12. The summed E-state index contributed by atoms with van der Waals surface area (Å²) in [5.74, 6) is 0.700. The Hall–Kier alpha value is -5.74. The van der Waals surface area contributed by atoms with Gasteiger partial charge in [-0.1, -0.05) is 111 Å². The summed E-state index contributed by atoms with van der Waals surface area (Å²) in [6, 6.07) is 48.4. The third-order valence-electron chi connectivity index (χ3n) is 9.19. The van der Waals surface area contributed by atoms with Gasteiger partial charge in [0, 0.05) is 44.4 Å². The summed E-state index contributed by atoms with van der Waals surface area (Å²) in [5.41, 5.74) is 13.7. The lowest BCUT2D eigenvalue weighted by atomic mass is 9.85. The Morgan fingerprint density at radius 3 is 1.89 bits per heavy atom. The van der Waals surface area contributed by atoms with Gasteiger partial charge in [-0.25, -0.2) is 9.97 Å². The Balaban J connectivity index is 1.24. The molecule has 0 saturated carbocycles. The molecule has 0 radical (unpaired) electrons. The Kier molecular flexibility index (Phi) is 5.51. The number of furan rings is 1. The van der Waals surface area contributed by atoms with E-state index >= 15 is 0 Å². The summed E-state index contributed by atoms with van der Waals surface area (Å²) in [5, 5.41) is 1.12. The third kappa shape index (κ3) is 3.85. The Morgan fingerprint density at radius 2 is 1.20 bits per heavy atom. The average Bonchev–Trinajstić information content (AvgIpc) is 3.71. The van der Waals surface area contributed by atoms with Crippen LogP contribution in [0.1, 0.15) is 25.1 Å². The number of hydrogen-bond acceptors (Lipinski definition) is 3. The Bertz CT molecular complexity index is 2320. The highest BCUT2D eigenvalue weighted by Crippen LogP contribution is 2.55. The number of rotatable bonds is 4. The lowest BCUT2D eigenvalue weighted by Gasteiger charge is -2.24. The molecule has 4 nitrogen and oxygen atoms in total. The van der Waals surface area contributed by atoms with Crippen molar-refractivity contribution in [3.63, 3.8) is 0 Å². The van der Waals surface area contributed by atoms with Gasteiger partial charge in [0.1, 0.15) is 11.1 Å². The molecule has 5 aromatic carbocycles. The maximum Gasteiger partial charge on any atom is 0.161 e. The van der Waals surface area contributed by atoms with E-state index in [4.69, 9.17) is 14.4 Å². The van der Waals surface area contributed by atoms with Gasteiger partial charge in [0.15, 0.2) is 11.4 Å². The van der Waals surface area contributed by atoms with E-state index in [0.717, 1.165) is 55.8 Å². The fraction of sp³-hybridized carbons (Fsp3) is 0.0732. The molecule has 3 aromatic heterocycles. The van der Waals surface area contributed by atoms with Crippen molar-refractivity contribution in [1.82, 2.24) is 14.5 Å². The molecule has 8 aromatic rings. The van der Waals surface area contributed by atoms with Gasteiger partial charge in [-0.05, 0) is 53.6 Å². The summed E-state index contributed by atoms with van der Waals surface area (Å²) >= 11 is 0. The molecule has 3 heterocycles. The second-order valence-electron chi connectivity index (χ2n) is 12.2. The minimum Gasteiger partial charge on any atom is -0.454 e. The predicted molar refractivity (Wildman–Crippen MR) is 183 cm³/mol. The minimum absolute atomic E-state index is 0.203. The first-order valence-corrected chi connectivity index (χ1v) is 15.3. The summed E-state index contributed by atoms with van der Waals surface area (Å²) in [7, 11) is 0. The molecule has 4 heteroatoms. The van der Waals surface area contributed by atoms with E-state index in [-0.39, 0.29) is 5.41 Å². The molecule has 1 aliphatic rings. The van der Waals surface area contributed by atoms with Gasteiger partial charge in [0.25, 0.3) is 0 Å². The molecule has 1 aliphatic carbocycles. The van der Waals surface area contributed by atoms with E-state index < -0.39 is 0 Å². The van der Waals surface area contributed by atoms with Crippen LogP contribution in [0.3, 0.4) is 0 Å². The van der Waals surface area contributed by atoms with Crippen molar-refractivity contribution in [1.29, 1.82) is 0 Å². The van der Waals surface area contributed by atoms with Crippen LogP contribution >= 0.6 is 0 Å². The van der Waals surface area contributed by atoms with Crippen molar-refractivity contribution in [2.75, 3.05) is 0 Å². The smallest absolute Gasteiger partial charge is 0.161 e. The zero-order valence-electron chi connectivity index (χ0n) is 25.0. The SMILES string of the molecule is CC1(C)c2ccccc2-c2c1n(-c1ccc(-c3nc(-c4ccccc4)cc(-c4ccccc4)n3)cc1)c1c2oc2ccccc21. The van der Waals surface area contributed by atoms with Crippen LogP contribution in [0.5, 0.6) is 0 Å². The predicted octanol–water partition coefficient (Wildman–Crippen LogP) is 10.5. The second-order valence-corrected chi connectivity index (χ2v) is 12.2. The summed E-state index contributed by atoms with van der Waals surface area (Å²) in [4.78, 5) is 10.1. The van der Waals surface area contributed by atoms with E-state index in [1.807, 2.05) is 42.5 Å². The minimum atomic E-state index is -0.203. The van der Waals surface area contributed by atoms with Crippen molar-refractivity contribution in [3.8, 4) is 50.7 Å². The highest BCUT2D eigenvalue weighted by atomic mass is 16.3. The first-order valence-electron chi connectivity index (χ1n) is 15.3. The van der Waals surface area contributed by atoms with Crippen LogP contribution in [-0.4, -0.2) is 14.5 Å². The van der Waals surface area contributed by atoms with E-state index in [0.29, 0.717) is 5.82 Å². The van der Waals surface area contributed by atoms with Crippen LogP contribution < -0.4 is 0 Å². The molecule has 214 valence electrons. The standard InChI is InChI=1S/C41H29N3O/c1-41(2)32-19-11-9-17-30(32)36-38-37(31-18-10-12-20-35(31)45-38)44(39(36)41)29-23-21-28(22-24-29)40-42-33(26-13-5-3-6-14-26)25-34(43-40)27-15-7-4-8-16-27/h3-25H,1-2H3. The van der Waals surface area contributed by atoms with Crippen LogP contribution in [0.15, 0.2) is 144 Å². The van der Waals surface area contributed by atoms with Crippen molar-refractivity contribution in [3.05, 3.63) is 151 Å². The van der Waals surface area contributed by atoms with Crippen LogP contribution in [0.25, 0.3) is 72.8 Å². The molecule has 9 rings (SSSR count). The van der Waals surface area contributed by atoms with E-state index in [9.17, 15) is 0 Å². The van der Waals surface area contributed by atoms with Crippen LogP contribution in [0.2, 0.25) is 0 Å². The Labute approximate surface area is 261 Å². The molecule has 0 N–H and O–H groups in total. The Morgan fingerprint density at radius 1 is 0.600 bits per heavy atom. The number of aromatic nitrogens is 3. The molecule has 0 spiro atoms. The van der Waals surface area contributed by atoms with E-state index in [1.54, 1.807) is 0 Å². The number of hydrogen-bond donors (Lipinski definition) is 0. The molecule has 0 fully saturated rings. The van der Waals surface area contributed by atoms with Gasteiger partial charge < -0.3 is 8.98 Å². The summed E-state index contributed by atoms with van der Waals surface area (Å²) < 4.78 is 9.02. The topological polar surface area (TPSA) is 43.9 Å². The lowest BCUT2D eigenvalue weighted by Crippen LogP contribution is -2.19. The molecule has 0 unspecified atom stereocenters.